The fraction of sp³-hybridized carbons (Fsp3) is 0.364. The number of hydrogen-bond acceptors (Lipinski definition) is 4. The first-order valence-corrected chi connectivity index (χ1v) is 9.42. The van der Waals surface area contributed by atoms with E-state index in [2.05, 4.69) is 28.6 Å². The summed E-state index contributed by atoms with van der Waals surface area (Å²) in [6, 6.07) is 11.7. The molecule has 0 radical (unpaired) electrons. The van der Waals surface area contributed by atoms with E-state index in [0.29, 0.717) is 25.3 Å². The van der Waals surface area contributed by atoms with E-state index in [-0.39, 0.29) is 12.6 Å². The van der Waals surface area contributed by atoms with Crippen molar-refractivity contribution in [1.29, 1.82) is 0 Å². The number of benzene rings is 1. The highest BCUT2D eigenvalue weighted by molar-refractivity contribution is 5.89. The van der Waals surface area contributed by atoms with Crippen molar-refractivity contribution < 1.29 is 14.3 Å². The van der Waals surface area contributed by atoms with Gasteiger partial charge < -0.3 is 14.0 Å². The third-order valence-corrected chi connectivity index (χ3v) is 4.38. The molecule has 0 aliphatic rings. The van der Waals surface area contributed by atoms with Crippen LogP contribution in [0.5, 0.6) is 0 Å². The molecule has 0 atom stereocenters. The minimum absolute atomic E-state index is 0.282. The minimum Gasteiger partial charge on any atom is -0.460 e. The molecule has 2 aromatic heterocycles. The van der Waals surface area contributed by atoms with Crippen LogP contribution in [0.1, 0.15) is 41.3 Å². The maximum absolute atomic E-state index is 12.1. The molecule has 0 N–H and O–H groups in total. The number of fused-ring (bicyclic) bond motifs is 1. The SMILES string of the molecule is CCCCOCCOC(=O)c1ccc(Cn2ccc3cc(C)cnc32)cc1. The highest BCUT2D eigenvalue weighted by Gasteiger charge is 2.08. The van der Waals surface area contributed by atoms with Crippen LogP contribution in [-0.4, -0.2) is 35.3 Å². The Morgan fingerprint density at radius 3 is 2.70 bits per heavy atom. The summed E-state index contributed by atoms with van der Waals surface area (Å²) in [6.07, 6.45) is 6.05. The monoisotopic (exact) mass is 366 g/mol. The van der Waals surface area contributed by atoms with Gasteiger partial charge in [0.1, 0.15) is 12.3 Å². The zero-order chi connectivity index (χ0) is 19.1. The van der Waals surface area contributed by atoms with E-state index in [1.807, 2.05) is 31.5 Å². The molecule has 0 fully saturated rings. The van der Waals surface area contributed by atoms with Gasteiger partial charge in [0.25, 0.3) is 0 Å². The normalized spacial score (nSPS) is 11.0. The van der Waals surface area contributed by atoms with Crippen molar-refractivity contribution in [1.82, 2.24) is 9.55 Å². The number of esters is 1. The Bertz CT molecular complexity index is 884. The Labute approximate surface area is 159 Å². The van der Waals surface area contributed by atoms with Gasteiger partial charge in [0.2, 0.25) is 0 Å². The highest BCUT2D eigenvalue weighted by Crippen LogP contribution is 2.16. The van der Waals surface area contributed by atoms with Gasteiger partial charge in [-0.1, -0.05) is 25.5 Å². The summed E-state index contributed by atoms with van der Waals surface area (Å²) in [5.41, 5.74) is 3.78. The van der Waals surface area contributed by atoms with Crippen molar-refractivity contribution in [3.8, 4) is 0 Å². The Kier molecular flexibility index (Phi) is 6.60. The molecule has 0 saturated carbocycles. The third-order valence-electron chi connectivity index (χ3n) is 4.38. The molecule has 0 spiro atoms. The van der Waals surface area contributed by atoms with E-state index in [4.69, 9.17) is 9.47 Å². The number of carbonyl (C=O) groups excluding carboxylic acids is 1. The largest absolute Gasteiger partial charge is 0.460 e. The molecular weight excluding hydrogens is 340 g/mol. The molecule has 5 heteroatoms. The van der Waals surface area contributed by atoms with Gasteiger partial charge >= 0.3 is 5.97 Å². The molecule has 0 aliphatic carbocycles. The molecule has 0 aliphatic heterocycles. The van der Waals surface area contributed by atoms with Gasteiger partial charge in [-0.05, 0) is 48.7 Å². The number of aryl methyl sites for hydroxylation is 1. The lowest BCUT2D eigenvalue weighted by Crippen LogP contribution is -2.11. The van der Waals surface area contributed by atoms with Crippen molar-refractivity contribution in [2.45, 2.75) is 33.2 Å². The first-order chi connectivity index (χ1) is 13.2. The molecule has 27 heavy (non-hydrogen) atoms. The smallest absolute Gasteiger partial charge is 0.338 e. The molecule has 1 aromatic carbocycles. The average molecular weight is 366 g/mol. The van der Waals surface area contributed by atoms with Crippen molar-refractivity contribution >= 4 is 17.0 Å². The van der Waals surface area contributed by atoms with Crippen LogP contribution in [0, 0.1) is 6.92 Å². The lowest BCUT2D eigenvalue weighted by Gasteiger charge is -2.08. The molecule has 0 amide bonds. The summed E-state index contributed by atoms with van der Waals surface area (Å²) in [4.78, 5) is 16.6. The zero-order valence-corrected chi connectivity index (χ0v) is 16.0. The number of pyridine rings is 1. The van der Waals surface area contributed by atoms with E-state index in [1.54, 1.807) is 12.1 Å². The van der Waals surface area contributed by atoms with E-state index >= 15 is 0 Å². The Hall–Kier alpha value is -2.66. The first-order valence-electron chi connectivity index (χ1n) is 9.42. The molecule has 0 unspecified atom stereocenters. The predicted octanol–water partition coefficient (Wildman–Crippen LogP) is 4.37. The number of unbranched alkanes of at least 4 members (excludes halogenated alkanes) is 1. The van der Waals surface area contributed by atoms with Crippen LogP contribution in [0.3, 0.4) is 0 Å². The Morgan fingerprint density at radius 1 is 1.11 bits per heavy atom. The zero-order valence-electron chi connectivity index (χ0n) is 16.0. The molecule has 142 valence electrons. The Morgan fingerprint density at radius 2 is 1.93 bits per heavy atom. The second-order valence-corrected chi connectivity index (χ2v) is 6.67. The lowest BCUT2D eigenvalue weighted by atomic mass is 10.1. The van der Waals surface area contributed by atoms with Crippen LogP contribution in [0.15, 0.2) is 48.8 Å². The van der Waals surface area contributed by atoms with Crippen LogP contribution in [-0.2, 0) is 16.0 Å². The highest BCUT2D eigenvalue weighted by atomic mass is 16.6. The van der Waals surface area contributed by atoms with Crippen molar-refractivity contribution in [2.75, 3.05) is 19.8 Å². The number of ether oxygens (including phenoxy) is 2. The number of hydrogen-bond donors (Lipinski definition) is 0. The van der Waals surface area contributed by atoms with Crippen molar-refractivity contribution in [3.05, 3.63) is 65.5 Å². The molecule has 0 bridgehead atoms. The number of aromatic nitrogens is 2. The van der Waals surface area contributed by atoms with Gasteiger partial charge in [0, 0.05) is 30.9 Å². The van der Waals surface area contributed by atoms with Crippen molar-refractivity contribution in [3.63, 3.8) is 0 Å². The quantitative estimate of drug-likeness (QED) is 0.417. The predicted molar refractivity (Wildman–Crippen MR) is 106 cm³/mol. The van der Waals surface area contributed by atoms with Crippen LogP contribution >= 0.6 is 0 Å². The van der Waals surface area contributed by atoms with Gasteiger partial charge in [0.15, 0.2) is 0 Å². The summed E-state index contributed by atoms with van der Waals surface area (Å²) < 4.78 is 12.7. The molecule has 2 heterocycles. The fourth-order valence-electron chi connectivity index (χ4n) is 2.88. The minimum atomic E-state index is -0.316. The topological polar surface area (TPSA) is 53.4 Å². The van der Waals surface area contributed by atoms with E-state index in [1.165, 1.54) is 0 Å². The Balaban J connectivity index is 1.54. The van der Waals surface area contributed by atoms with E-state index in [9.17, 15) is 4.79 Å². The number of carbonyl (C=O) groups is 1. The molecule has 0 saturated heterocycles. The fourth-order valence-corrected chi connectivity index (χ4v) is 2.88. The van der Waals surface area contributed by atoms with Crippen LogP contribution in [0.4, 0.5) is 0 Å². The molecule has 3 rings (SSSR count). The first kappa shape index (κ1) is 19.1. The summed E-state index contributed by atoms with van der Waals surface area (Å²) in [5, 5.41) is 1.14. The molecular formula is C22H26N2O3. The molecule has 5 nitrogen and oxygen atoms in total. The summed E-state index contributed by atoms with van der Waals surface area (Å²) >= 11 is 0. The van der Waals surface area contributed by atoms with Gasteiger partial charge in [-0.3, -0.25) is 0 Å². The van der Waals surface area contributed by atoms with Crippen LogP contribution in [0.25, 0.3) is 11.0 Å². The van der Waals surface area contributed by atoms with E-state index < -0.39 is 0 Å². The summed E-state index contributed by atoms with van der Waals surface area (Å²) in [7, 11) is 0. The van der Waals surface area contributed by atoms with Gasteiger partial charge in [-0.25, -0.2) is 9.78 Å². The van der Waals surface area contributed by atoms with E-state index in [0.717, 1.165) is 35.0 Å². The standard InChI is InChI=1S/C22H26N2O3/c1-3-4-11-26-12-13-27-22(25)19-7-5-18(6-8-19)16-24-10-9-20-14-17(2)15-23-21(20)24/h5-10,14-15H,3-4,11-13,16H2,1-2H3. The van der Waals surface area contributed by atoms with Crippen molar-refractivity contribution in [2.24, 2.45) is 0 Å². The molecule has 3 aromatic rings. The maximum atomic E-state index is 12.1. The number of rotatable bonds is 9. The second kappa shape index (κ2) is 9.33. The average Bonchev–Trinajstić information content (AvgIpc) is 3.06. The van der Waals surface area contributed by atoms with Gasteiger partial charge in [-0.2, -0.15) is 0 Å². The van der Waals surface area contributed by atoms with Crippen LogP contribution < -0.4 is 0 Å². The van der Waals surface area contributed by atoms with Crippen LogP contribution in [0.2, 0.25) is 0 Å². The number of nitrogens with zero attached hydrogens (tertiary/aromatic N) is 2. The van der Waals surface area contributed by atoms with Gasteiger partial charge in [0.05, 0.1) is 12.2 Å². The maximum Gasteiger partial charge on any atom is 0.338 e. The lowest BCUT2D eigenvalue weighted by molar-refractivity contribution is 0.0314. The summed E-state index contributed by atoms with van der Waals surface area (Å²) in [5.74, 6) is -0.316. The van der Waals surface area contributed by atoms with Gasteiger partial charge in [-0.15, -0.1) is 0 Å². The second-order valence-electron chi connectivity index (χ2n) is 6.67. The third kappa shape index (κ3) is 5.17. The summed E-state index contributed by atoms with van der Waals surface area (Å²) in [6.45, 7) is 6.30.